The summed E-state index contributed by atoms with van der Waals surface area (Å²) in [5, 5.41) is 3.47. The highest BCUT2D eigenvalue weighted by molar-refractivity contribution is 5.91. The van der Waals surface area contributed by atoms with Crippen molar-refractivity contribution in [3.05, 3.63) is 24.2 Å². The van der Waals surface area contributed by atoms with E-state index in [1.54, 1.807) is 18.4 Å². The lowest BCUT2D eigenvalue weighted by Gasteiger charge is -2.39. The van der Waals surface area contributed by atoms with Gasteiger partial charge in [-0.25, -0.2) is 0 Å². The lowest BCUT2D eigenvalue weighted by molar-refractivity contribution is 0.00388. The monoisotopic (exact) mass is 433 g/mol. The summed E-state index contributed by atoms with van der Waals surface area (Å²) in [4.78, 5) is 24.3. The second-order valence-corrected chi connectivity index (χ2v) is 8.24. The first-order valence-corrected chi connectivity index (χ1v) is 11.9. The molecule has 0 spiro atoms. The van der Waals surface area contributed by atoms with Crippen LogP contribution in [0.15, 0.2) is 27.8 Å². The number of hydrogen-bond donors (Lipinski definition) is 1. The molecule has 31 heavy (non-hydrogen) atoms. The van der Waals surface area contributed by atoms with Crippen molar-refractivity contribution in [1.29, 1.82) is 0 Å². The van der Waals surface area contributed by atoms with Gasteiger partial charge in [0.2, 0.25) is 0 Å². The van der Waals surface area contributed by atoms with E-state index >= 15 is 0 Å². The lowest BCUT2D eigenvalue weighted by atomic mass is 9.92. The quantitative estimate of drug-likeness (QED) is 0.500. The molecule has 0 radical (unpaired) electrons. The molecule has 1 amide bonds. The molecule has 0 saturated carbocycles. The summed E-state index contributed by atoms with van der Waals surface area (Å²) in [5.41, 5.74) is 0. The smallest absolute Gasteiger partial charge is 0.289 e. The molecule has 174 valence electrons. The van der Waals surface area contributed by atoms with Gasteiger partial charge in [0.25, 0.3) is 5.91 Å². The zero-order chi connectivity index (χ0) is 22.1. The van der Waals surface area contributed by atoms with E-state index in [1.165, 1.54) is 0 Å². The number of aliphatic imine (C=N–C) groups is 1. The number of hydrogen-bond acceptors (Lipinski definition) is 5. The topological polar surface area (TPSA) is 73.6 Å². The summed E-state index contributed by atoms with van der Waals surface area (Å²) < 4.78 is 10.8. The summed E-state index contributed by atoms with van der Waals surface area (Å²) >= 11 is 0. The van der Waals surface area contributed by atoms with Crippen molar-refractivity contribution in [2.75, 3.05) is 65.6 Å². The third-order valence-electron chi connectivity index (χ3n) is 6.47. The van der Waals surface area contributed by atoms with Crippen LogP contribution in [-0.2, 0) is 4.74 Å². The molecule has 1 aromatic heterocycles. The first kappa shape index (κ1) is 23.6. The zero-order valence-corrected chi connectivity index (χ0v) is 19.4. The Bertz CT molecular complexity index is 675. The van der Waals surface area contributed by atoms with Crippen LogP contribution in [0.5, 0.6) is 0 Å². The number of piperazine rings is 1. The van der Waals surface area contributed by atoms with Crippen LogP contribution < -0.4 is 5.32 Å². The van der Waals surface area contributed by atoms with E-state index in [2.05, 4.69) is 35.9 Å². The fourth-order valence-corrected chi connectivity index (χ4v) is 4.59. The second-order valence-electron chi connectivity index (χ2n) is 8.24. The maximum absolute atomic E-state index is 12.5. The number of nitrogens with one attached hydrogen (secondary N) is 1. The molecule has 8 heteroatoms. The highest BCUT2D eigenvalue weighted by atomic mass is 16.5. The number of nitrogens with zero attached hydrogens (tertiary/aromatic N) is 4. The van der Waals surface area contributed by atoms with Gasteiger partial charge in [0.05, 0.1) is 26.0 Å². The van der Waals surface area contributed by atoms with E-state index in [9.17, 15) is 4.79 Å². The number of carbonyl (C=O) groups is 1. The van der Waals surface area contributed by atoms with Gasteiger partial charge in [-0.3, -0.25) is 14.7 Å². The average molecular weight is 434 g/mol. The highest BCUT2D eigenvalue weighted by Gasteiger charge is 2.28. The van der Waals surface area contributed by atoms with E-state index in [0.717, 1.165) is 71.3 Å². The number of rotatable bonds is 8. The van der Waals surface area contributed by atoms with Crippen molar-refractivity contribution in [2.45, 2.75) is 39.7 Å². The molecular formula is C23H39N5O3. The van der Waals surface area contributed by atoms with Crippen LogP contribution >= 0.6 is 0 Å². The van der Waals surface area contributed by atoms with Gasteiger partial charge in [-0.2, -0.15) is 0 Å². The Kier molecular flexibility index (Phi) is 9.21. The first-order valence-electron chi connectivity index (χ1n) is 11.9. The van der Waals surface area contributed by atoms with Crippen molar-refractivity contribution >= 4 is 11.9 Å². The van der Waals surface area contributed by atoms with Gasteiger partial charge in [-0.15, -0.1) is 0 Å². The minimum atomic E-state index is -0.0345. The Morgan fingerprint density at radius 1 is 1.06 bits per heavy atom. The zero-order valence-electron chi connectivity index (χ0n) is 19.4. The van der Waals surface area contributed by atoms with Gasteiger partial charge in [-0.1, -0.05) is 26.7 Å². The fraction of sp³-hybridized carbons (Fsp3) is 0.739. The van der Waals surface area contributed by atoms with Gasteiger partial charge in [0, 0.05) is 51.9 Å². The summed E-state index contributed by atoms with van der Waals surface area (Å²) in [5.74, 6) is 1.96. The SMILES string of the molecule is CCNC(=NCC(C(CC)CC)N1CCOCC1)N1CCN(C(=O)c2ccco2)CC1. The van der Waals surface area contributed by atoms with Crippen molar-refractivity contribution in [3.8, 4) is 0 Å². The highest BCUT2D eigenvalue weighted by Crippen LogP contribution is 2.21. The van der Waals surface area contributed by atoms with E-state index in [0.29, 0.717) is 30.8 Å². The van der Waals surface area contributed by atoms with Crippen LogP contribution in [0.25, 0.3) is 0 Å². The minimum absolute atomic E-state index is 0.0345. The van der Waals surface area contributed by atoms with Crippen molar-refractivity contribution < 1.29 is 13.9 Å². The van der Waals surface area contributed by atoms with Gasteiger partial charge in [0.1, 0.15) is 0 Å². The van der Waals surface area contributed by atoms with E-state index < -0.39 is 0 Å². The Balaban J connectivity index is 1.63. The Morgan fingerprint density at radius 2 is 1.74 bits per heavy atom. The first-order chi connectivity index (χ1) is 15.2. The Hall–Kier alpha value is -2.06. The summed E-state index contributed by atoms with van der Waals surface area (Å²) in [6.45, 7) is 14.8. The molecule has 1 aromatic rings. The van der Waals surface area contributed by atoms with Crippen LogP contribution in [0, 0.1) is 5.92 Å². The van der Waals surface area contributed by atoms with E-state index in [-0.39, 0.29) is 5.91 Å². The standard InChI is InChI=1S/C23H39N5O3/c1-4-19(5-2)20(26-13-16-30-17-14-26)18-25-23(24-6-3)28-11-9-27(10-12-28)22(29)21-8-7-15-31-21/h7-8,15,19-20H,4-6,9-14,16-18H2,1-3H3,(H,24,25). The molecule has 3 rings (SSSR count). The molecule has 1 unspecified atom stereocenters. The molecule has 2 fully saturated rings. The molecular weight excluding hydrogens is 394 g/mol. The van der Waals surface area contributed by atoms with Crippen molar-refractivity contribution in [2.24, 2.45) is 10.9 Å². The second kappa shape index (κ2) is 12.1. The predicted octanol–water partition coefficient (Wildman–Crippen LogP) is 2.14. The summed E-state index contributed by atoms with van der Waals surface area (Å²) in [6.07, 6.45) is 3.88. The molecule has 2 aliphatic heterocycles. The molecule has 2 saturated heterocycles. The Labute approximate surface area is 186 Å². The van der Waals surface area contributed by atoms with Gasteiger partial charge >= 0.3 is 0 Å². The normalized spacial score (nSPS) is 19.7. The van der Waals surface area contributed by atoms with E-state index in [1.807, 2.05) is 4.90 Å². The lowest BCUT2D eigenvalue weighted by Crippen LogP contribution is -2.54. The average Bonchev–Trinajstić information content (AvgIpc) is 3.36. The van der Waals surface area contributed by atoms with Gasteiger partial charge in [-0.05, 0) is 25.0 Å². The summed E-state index contributed by atoms with van der Waals surface area (Å²) in [7, 11) is 0. The largest absolute Gasteiger partial charge is 0.459 e. The van der Waals surface area contributed by atoms with Crippen LogP contribution in [-0.4, -0.2) is 98.2 Å². The maximum Gasteiger partial charge on any atom is 0.289 e. The third kappa shape index (κ3) is 6.23. The number of carbonyl (C=O) groups excluding carboxylic acids is 1. The minimum Gasteiger partial charge on any atom is -0.459 e. The van der Waals surface area contributed by atoms with Crippen LogP contribution in [0.4, 0.5) is 0 Å². The van der Waals surface area contributed by atoms with Gasteiger partial charge < -0.3 is 24.3 Å². The number of amides is 1. The Morgan fingerprint density at radius 3 is 2.32 bits per heavy atom. The van der Waals surface area contributed by atoms with Crippen LogP contribution in [0.3, 0.4) is 0 Å². The molecule has 3 heterocycles. The maximum atomic E-state index is 12.5. The molecule has 0 aromatic carbocycles. The number of furan rings is 1. The van der Waals surface area contributed by atoms with Crippen LogP contribution in [0.1, 0.15) is 44.2 Å². The van der Waals surface area contributed by atoms with Crippen molar-refractivity contribution in [3.63, 3.8) is 0 Å². The number of morpholine rings is 1. The molecule has 1 atom stereocenters. The molecule has 2 aliphatic rings. The summed E-state index contributed by atoms with van der Waals surface area (Å²) in [6, 6.07) is 3.92. The molecule has 1 N–H and O–H groups in total. The predicted molar refractivity (Wildman–Crippen MR) is 122 cm³/mol. The van der Waals surface area contributed by atoms with Crippen LogP contribution in [0.2, 0.25) is 0 Å². The molecule has 8 nitrogen and oxygen atoms in total. The number of guanidine groups is 1. The molecule has 0 aliphatic carbocycles. The third-order valence-corrected chi connectivity index (χ3v) is 6.47. The fourth-order valence-electron chi connectivity index (χ4n) is 4.59. The van der Waals surface area contributed by atoms with Gasteiger partial charge in [0.15, 0.2) is 11.7 Å². The molecule has 0 bridgehead atoms. The van der Waals surface area contributed by atoms with Crippen molar-refractivity contribution in [1.82, 2.24) is 20.0 Å². The number of ether oxygens (including phenoxy) is 1. The van der Waals surface area contributed by atoms with E-state index in [4.69, 9.17) is 14.1 Å².